The van der Waals surface area contributed by atoms with Gasteiger partial charge in [-0.25, -0.2) is 0 Å². The van der Waals surface area contributed by atoms with Crippen LogP contribution in [0.1, 0.15) is 53.5 Å². The molecule has 1 heterocycles. The van der Waals surface area contributed by atoms with Crippen molar-refractivity contribution in [3.8, 4) is 0 Å². The Bertz CT molecular complexity index is 1030. The molecule has 0 aliphatic heterocycles. The van der Waals surface area contributed by atoms with E-state index in [4.69, 9.17) is 0 Å². The Labute approximate surface area is 190 Å². The predicted molar refractivity (Wildman–Crippen MR) is 128 cm³/mol. The number of anilines is 2. The largest absolute Gasteiger partial charge is 0.325 e. The van der Waals surface area contributed by atoms with Gasteiger partial charge in [-0.2, -0.15) is 0 Å². The molecule has 6 nitrogen and oxygen atoms in total. The van der Waals surface area contributed by atoms with Gasteiger partial charge in [-0.05, 0) is 44.0 Å². The maximum absolute atomic E-state index is 12.8. The van der Waals surface area contributed by atoms with Crippen LogP contribution in [-0.2, 0) is 4.79 Å². The Morgan fingerprint density at radius 2 is 1.71 bits per heavy atom. The second-order valence-corrected chi connectivity index (χ2v) is 9.14. The van der Waals surface area contributed by atoms with Gasteiger partial charge in [0.1, 0.15) is 5.01 Å². The number of hydrogen-bond acceptors (Lipinski definition) is 6. The van der Waals surface area contributed by atoms with Gasteiger partial charge in [-0.1, -0.05) is 55.0 Å². The molecule has 0 aliphatic carbocycles. The minimum absolute atomic E-state index is 0.122. The molecule has 0 bridgehead atoms. The summed E-state index contributed by atoms with van der Waals surface area (Å²) in [5, 5.41) is 15.5. The normalized spacial score (nSPS) is 10.8. The molecular weight excluding hydrogens is 428 g/mol. The molecule has 0 spiro atoms. The Morgan fingerprint density at radius 1 is 1.00 bits per heavy atom. The summed E-state index contributed by atoms with van der Waals surface area (Å²) in [6.07, 6.45) is 1.98. The minimum atomic E-state index is -0.255. The van der Waals surface area contributed by atoms with Gasteiger partial charge in [0.15, 0.2) is 0 Å². The van der Waals surface area contributed by atoms with E-state index >= 15 is 0 Å². The molecule has 2 aromatic carbocycles. The number of rotatable bonds is 9. The summed E-state index contributed by atoms with van der Waals surface area (Å²) >= 11 is 2.74. The molecule has 2 amide bonds. The van der Waals surface area contributed by atoms with Gasteiger partial charge in [0.2, 0.25) is 11.0 Å². The third-order valence-electron chi connectivity index (χ3n) is 4.82. The average Bonchev–Trinajstić information content (AvgIpc) is 3.23. The van der Waals surface area contributed by atoms with Crippen LogP contribution in [0.5, 0.6) is 0 Å². The smallest absolute Gasteiger partial charge is 0.258 e. The fraction of sp³-hybridized carbons (Fsp3) is 0.304. The molecule has 0 atom stereocenters. The van der Waals surface area contributed by atoms with E-state index in [1.54, 1.807) is 12.1 Å². The zero-order chi connectivity index (χ0) is 22.2. The van der Waals surface area contributed by atoms with Gasteiger partial charge in [0.25, 0.3) is 5.91 Å². The SMILES string of the molecule is CCC(CC)c1nnc(NC(=O)c2ccccc2SCC(=O)Nc2ccc(C)cc2)s1. The lowest BCUT2D eigenvalue weighted by Gasteiger charge is -2.09. The van der Waals surface area contributed by atoms with Crippen molar-refractivity contribution in [2.75, 3.05) is 16.4 Å². The number of carbonyl (C=O) groups is 2. The van der Waals surface area contributed by atoms with E-state index in [1.807, 2.05) is 43.3 Å². The first-order chi connectivity index (χ1) is 15.0. The van der Waals surface area contributed by atoms with Crippen molar-refractivity contribution in [3.63, 3.8) is 0 Å². The number of hydrogen-bond donors (Lipinski definition) is 2. The molecule has 8 heteroatoms. The average molecular weight is 455 g/mol. The van der Waals surface area contributed by atoms with Gasteiger partial charge in [-0.15, -0.1) is 22.0 Å². The second kappa shape index (κ2) is 11.1. The van der Waals surface area contributed by atoms with E-state index in [9.17, 15) is 9.59 Å². The highest BCUT2D eigenvalue weighted by Crippen LogP contribution is 2.29. The molecule has 0 fully saturated rings. The van der Waals surface area contributed by atoms with E-state index in [1.165, 1.54) is 23.1 Å². The first-order valence-electron chi connectivity index (χ1n) is 10.2. The zero-order valence-electron chi connectivity index (χ0n) is 17.8. The van der Waals surface area contributed by atoms with Crippen molar-refractivity contribution in [2.45, 2.75) is 44.4 Å². The first kappa shape index (κ1) is 23.0. The maximum atomic E-state index is 12.8. The highest BCUT2D eigenvalue weighted by atomic mass is 32.2. The lowest BCUT2D eigenvalue weighted by atomic mass is 10.1. The van der Waals surface area contributed by atoms with Crippen LogP contribution in [0.3, 0.4) is 0 Å². The van der Waals surface area contributed by atoms with Crippen molar-refractivity contribution in [2.24, 2.45) is 0 Å². The first-order valence-corrected chi connectivity index (χ1v) is 12.0. The summed E-state index contributed by atoms with van der Waals surface area (Å²) in [6, 6.07) is 14.9. The molecule has 162 valence electrons. The standard InChI is InChI=1S/C23H26N4O2S2/c1-4-16(5-2)22-26-27-23(31-22)25-21(29)18-8-6-7-9-19(18)30-14-20(28)24-17-12-10-15(3)11-13-17/h6-13,16H,4-5,14H2,1-3H3,(H,24,28)(H,25,27,29). The topological polar surface area (TPSA) is 84.0 Å². The van der Waals surface area contributed by atoms with Crippen molar-refractivity contribution in [1.29, 1.82) is 0 Å². The fourth-order valence-corrected chi connectivity index (χ4v) is 4.86. The van der Waals surface area contributed by atoms with Crippen LogP contribution in [0.2, 0.25) is 0 Å². The number of nitrogens with one attached hydrogen (secondary N) is 2. The molecule has 0 saturated carbocycles. The fourth-order valence-electron chi connectivity index (χ4n) is 3.01. The highest BCUT2D eigenvalue weighted by molar-refractivity contribution is 8.00. The van der Waals surface area contributed by atoms with Gasteiger partial charge >= 0.3 is 0 Å². The van der Waals surface area contributed by atoms with Crippen molar-refractivity contribution < 1.29 is 9.59 Å². The summed E-state index contributed by atoms with van der Waals surface area (Å²) < 4.78 is 0. The lowest BCUT2D eigenvalue weighted by Crippen LogP contribution is -2.15. The van der Waals surface area contributed by atoms with E-state index in [-0.39, 0.29) is 17.6 Å². The molecule has 0 aliphatic rings. The van der Waals surface area contributed by atoms with Crippen LogP contribution in [-0.4, -0.2) is 27.8 Å². The number of carbonyl (C=O) groups excluding carboxylic acids is 2. The second-order valence-electron chi connectivity index (χ2n) is 7.11. The summed E-state index contributed by atoms with van der Waals surface area (Å²) in [4.78, 5) is 25.9. The van der Waals surface area contributed by atoms with Crippen LogP contribution in [0.25, 0.3) is 0 Å². The molecule has 3 rings (SSSR count). The Kier molecular flexibility index (Phi) is 8.20. The van der Waals surface area contributed by atoms with Crippen molar-refractivity contribution >= 4 is 45.7 Å². The van der Waals surface area contributed by atoms with Crippen LogP contribution < -0.4 is 10.6 Å². The molecule has 0 saturated heterocycles. The molecule has 3 aromatic rings. The Hall–Kier alpha value is -2.71. The number of thioether (sulfide) groups is 1. The molecule has 0 unspecified atom stereocenters. The quantitative estimate of drug-likeness (QED) is 0.403. The molecular formula is C23H26N4O2S2. The Balaban J connectivity index is 1.62. The summed E-state index contributed by atoms with van der Waals surface area (Å²) in [5.74, 6) is 0.186. The van der Waals surface area contributed by atoms with E-state index in [2.05, 4.69) is 34.7 Å². The summed E-state index contributed by atoms with van der Waals surface area (Å²) in [6.45, 7) is 6.24. The minimum Gasteiger partial charge on any atom is -0.325 e. The van der Waals surface area contributed by atoms with Crippen LogP contribution >= 0.6 is 23.1 Å². The maximum Gasteiger partial charge on any atom is 0.258 e. The molecule has 2 N–H and O–H groups in total. The van der Waals surface area contributed by atoms with E-state index in [0.717, 1.165) is 34.0 Å². The predicted octanol–water partition coefficient (Wildman–Crippen LogP) is 5.73. The number of aromatic nitrogens is 2. The van der Waals surface area contributed by atoms with Gasteiger partial charge < -0.3 is 5.32 Å². The van der Waals surface area contributed by atoms with Crippen LogP contribution in [0.15, 0.2) is 53.4 Å². The monoisotopic (exact) mass is 454 g/mol. The summed E-state index contributed by atoms with van der Waals surface area (Å²) in [7, 11) is 0. The third-order valence-corrected chi connectivity index (χ3v) is 6.90. The van der Waals surface area contributed by atoms with Crippen LogP contribution in [0.4, 0.5) is 10.8 Å². The lowest BCUT2D eigenvalue weighted by molar-refractivity contribution is -0.113. The zero-order valence-corrected chi connectivity index (χ0v) is 19.5. The van der Waals surface area contributed by atoms with Gasteiger partial charge in [0.05, 0.1) is 11.3 Å². The van der Waals surface area contributed by atoms with Gasteiger partial charge in [-0.3, -0.25) is 14.9 Å². The number of aryl methyl sites for hydroxylation is 1. The van der Waals surface area contributed by atoms with E-state index in [0.29, 0.717) is 16.6 Å². The van der Waals surface area contributed by atoms with Crippen molar-refractivity contribution in [1.82, 2.24) is 10.2 Å². The number of nitrogens with zero attached hydrogens (tertiary/aromatic N) is 2. The third kappa shape index (κ3) is 6.38. The molecule has 1 aromatic heterocycles. The van der Waals surface area contributed by atoms with E-state index < -0.39 is 0 Å². The summed E-state index contributed by atoms with van der Waals surface area (Å²) in [5.41, 5.74) is 2.40. The Morgan fingerprint density at radius 3 is 2.42 bits per heavy atom. The van der Waals surface area contributed by atoms with Crippen LogP contribution in [0, 0.1) is 6.92 Å². The van der Waals surface area contributed by atoms with Gasteiger partial charge in [0, 0.05) is 16.5 Å². The number of benzene rings is 2. The number of amides is 2. The molecule has 31 heavy (non-hydrogen) atoms. The van der Waals surface area contributed by atoms with Crippen molar-refractivity contribution in [3.05, 3.63) is 64.7 Å². The molecule has 0 radical (unpaired) electrons. The highest BCUT2D eigenvalue weighted by Gasteiger charge is 2.17.